The second kappa shape index (κ2) is 9.53. The van der Waals surface area contributed by atoms with E-state index in [1.54, 1.807) is 5.94 Å². The highest BCUT2D eigenvalue weighted by atomic mass is 16.5. The van der Waals surface area contributed by atoms with Crippen LogP contribution in [0.25, 0.3) is 11.1 Å². The number of hydrogen-bond donors (Lipinski definition) is 1. The predicted octanol–water partition coefficient (Wildman–Crippen LogP) is 3.40. The molecule has 0 bridgehead atoms. The molecule has 6 heteroatoms. The monoisotopic (exact) mass is 391 g/mol. The van der Waals surface area contributed by atoms with E-state index in [9.17, 15) is 14.4 Å². The SMILES string of the molecule is C=CCOC(=O)C[C@@H](C=C=O)NC(=O)OCC1c2ccccc2-c2ccccc21. The summed E-state index contributed by atoms with van der Waals surface area (Å²) in [7, 11) is 0. The molecule has 0 aliphatic heterocycles. The molecule has 0 heterocycles. The number of alkyl carbamates (subject to hydrolysis) is 1. The smallest absolute Gasteiger partial charge is 0.407 e. The number of ether oxygens (including phenoxy) is 2. The normalized spacial score (nSPS) is 12.7. The van der Waals surface area contributed by atoms with Crippen molar-refractivity contribution in [2.45, 2.75) is 18.4 Å². The molecule has 0 unspecified atom stereocenters. The van der Waals surface area contributed by atoms with Crippen LogP contribution in [0.4, 0.5) is 4.79 Å². The molecule has 0 aromatic heterocycles. The number of esters is 1. The molecule has 1 aliphatic carbocycles. The minimum Gasteiger partial charge on any atom is -0.461 e. The first-order valence-corrected chi connectivity index (χ1v) is 9.23. The summed E-state index contributed by atoms with van der Waals surface area (Å²) in [6.07, 6.45) is 1.56. The molecule has 2 aromatic carbocycles. The van der Waals surface area contributed by atoms with Gasteiger partial charge in [0.2, 0.25) is 0 Å². The Morgan fingerprint density at radius 3 is 2.28 bits per heavy atom. The van der Waals surface area contributed by atoms with Gasteiger partial charge in [-0.1, -0.05) is 61.2 Å². The third-order valence-electron chi connectivity index (χ3n) is 4.66. The van der Waals surface area contributed by atoms with Crippen molar-refractivity contribution in [2.24, 2.45) is 0 Å². The van der Waals surface area contributed by atoms with Crippen molar-refractivity contribution in [3.8, 4) is 11.1 Å². The fourth-order valence-electron chi connectivity index (χ4n) is 3.42. The molecule has 1 N–H and O–H groups in total. The summed E-state index contributed by atoms with van der Waals surface area (Å²) in [5.74, 6) is 0.938. The van der Waals surface area contributed by atoms with Crippen molar-refractivity contribution in [1.82, 2.24) is 5.32 Å². The maximum Gasteiger partial charge on any atom is 0.407 e. The number of amides is 1. The Hall–Kier alpha value is -3.63. The summed E-state index contributed by atoms with van der Waals surface area (Å²) < 4.78 is 10.3. The van der Waals surface area contributed by atoms with Crippen LogP contribution in [-0.2, 0) is 19.1 Å². The van der Waals surface area contributed by atoms with Gasteiger partial charge in [0.25, 0.3) is 0 Å². The van der Waals surface area contributed by atoms with Gasteiger partial charge in [0.1, 0.15) is 19.2 Å². The lowest BCUT2D eigenvalue weighted by atomic mass is 9.98. The highest BCUT2D eigenvalue weighted by Crippen LogP contribution is 2.44. The minimum atomic E-state index is -0.861. The van der Waals surface area contributed by atoms with Crippen LogP contribution >= 0.6 is 0 Å². The lowest BCUT2D eigenvalue weighted by molar-refractivity contribution is -0.142. The molecule has 3 rings (SSSR count). The second-order valence-corrected chi connectivity index (χ2v) is 6.54. The van der Waals surface area contributed by atoms with Gasteiger partial charge >= 0.3 is 12.1 Å². The molecule has 148 valence electrons. The highest BCUT2D eigenvalue weighted by Gasteiger charge is 2.29. The predicted molar refractivity (Wildman–Crippen MR) is 108 cm³/mol. The summed E-state index contributed by atoms with van der Waals surface area (Å²) in [6.45, 7) is 3.65. The first-order chi connectivity index (χ1) is 14.1. The maximum absolute atomic E-state index is 12.3. The molecule has 1 atom stereocenters. The van der Waals surface area contributed by atoms with Gasteiger partial charge in [-0.15, -0.1) is 0 Å². The van der Waals surface area contributed by atoms with E-state index in [0.29, 0.717) is 0 Å². The van der Waals surface area contributed by atoms with E-state index in [1.165, 1.54) is 6.08 Å². The summed E-state index contributed by atoms with van der Waals surface area (Å²) in [6, 6.07) is 15.2. The van der Waals surface area contributed by atoms with Gasteiger partial charge in [0, 0.05) is 12.0 Å². The Balaban J connectivity index is 1.63. The molecular weight excluding hydrogens is 370 g/mol. The van der Waals surface area contributed by atoms with Crippen LogP contribution in [0.1, 0.15) is 23.5 Å². The van der Waals surface area contributed by atoms with Crippen LogP contribution in [0.15, 0.2) is 67.3 Å². The van der Waals surface area contributed by atoms with E-state index < -0.39 is 18.1 Å². The van der Waals surface area contributed by atoms with Gasteiger partial charge in [-0.2, -0.15) is 0 Å². The molecule has 0 radical (unpaired) electrons. The Labute approximate surface area is 168 Å². The molecule has 0 fully saturated rings. The first-order valence-electron chi connectivity index (χ1n) is 9.23. The van der Waals surface area contributed by atoms with Crippen LogP contribution in [0.5, 0.6) is 0 Å². The summed E-state index contributed by atoms with van der Waals surface area (Å²) in [4.78, 5) is 34.6. The number of carbonyl (C=O) groups excluding carboxylic acids is 3. The first kappa shape index (κ1) is 20.1. The van der Waals surface area contributed by atoms with E-state index in [4.69, 9.17) is 9.47 Å². The number of rotatable bonds is 8. The zero-order valence-electron chi connectivity index (χ0n) is 15.8. The van der Waals surface area contributed by atoms with Crippen LogP contribution in [0, 0.1) is 0 Å². The number of nitrogens with one attached hydrogen (secondary N) is 1. The standard InChI is InChI=1S/C23H21NO5/c1-2-13-28-22(26)14-16(11-12-25)24-23(27)29-15-21-19-9-5-3-7-17(19)18-8-4-6-10-20(18)21/h2-11,16,21H,1,13-15H2,(H,24,27)/t16-/m1/s1. The maximum atomic E-state index is 12.3. The summed E-state index contributed by atoms with van der Waals surface area (Å²) >= 11 is 0. The Morgan fingerprint density at radius 1 is 1.07 bits per heavy atom. The average Bonchev–Trinajstić information content (AvgIpc) is 3.05. The summed E-state index contributed by atoms with van der Waals surface area (Å²) in [5, 5.41) is 2.49. The van der Waals surface area contributed by atoms with Crippen molar-refractivity contribution in [2.75, 3.05) is 13.2 Å². The molecular formula is C23H21NO5. The molecule has 0 saturated heterocycles. The highest BCUT2D eigenvalue weighted by molar-refractivity contribution is 5.79. The van der Waals surface area contributed by atoms with Gasteiger partial charge in [-0.3, -0.25) is 4.79 Å². The molecule has 0 spiro atoms. The zero-order valence-corrected chi connectivity index (χ0v) is 15.8. The van der Waals surface area contributed by atoms with Crippen molar-refractivity contribution in [3.63, 3.8) is 0 Å². The average molecular weight is 391 g/mol. The summed E-state index contributed by atoms with van der Waals surface area (Å²) in [5.41, 5.74) is 4.45. The van der Waals surface area contributed by atoms with Gasteiger partial charge in [0.15, 0.2) is 0 Å². The molecule has 1 aliphatic rings. The Morgan fingerprint density at radius 2 is 1.69 bits per heavy atom. The molecule has 1 amide bonds. The van der Waals surface area contributed by atoms with Crippen molar-refractivity contribution in [1.29, 1.82) is 0 Å². The molecule has 0 saturated carbocycles. The molecule has 29 heavy (non-hydrogen) atoms. The quantitative estimate of drug-likeness (QED) is 0.424. The van der Waals surface area contributed by atoms with Gasteiger partial charge in [-0.05, 0) is 22.3 Å². The van der Waals surface area contributed by atoms with Gasteiger partial charge in [-0.25, -0.2) is 9.59 Å². The number of fused-ring (bicyclic) bond motifs is 3. The molecule has 2 aromatic rings. The van der Waals surface area contributed by atoms with Crippen molar-refractivity contribution < 1.29 is 23.9 Å². The molecule has 6 nitrogen and oxygen atoms in total. The van der Waals surface area contributed by atoms with E-state index in [-0.39, 0.29) is 25.6 Å². The Bertz CT molecular complexity index is 916. The van der Waals surface area contributed by atoms with Gasteiger partial charge in [0.05, 0.1) is 12.5 Å². The van der Waals surface area contributed by atoms with E-state index >= 15 is 0 Å². The van der Waals surface area contributed by atoms with Crippen LogP contribution < -0.4 is 5.32 Å². The lowest BCUT2D eigenvalue weighted by Crippen LogP contribution is -2.36. The van der Waals surface area contributed by atoms with Crippen molar-refractivity contribution >= 4 is 18.0 Å². The van der Waals surface area contributed by atoms with E-state index in [1.807, 2.05) is 48.5 Å². The third kappa shape index (κ3) is 4.81. The number of hydrogen-bond acceptors (Lipinski definition) is 5. The van der Waals surface area contributed by atoms with Crippen LogP contribution in [0.2, 0.25) is 0 Å². The van der Waals surface area contributed by atoms with Crippen LogP contribution in [0.3, 0.4) is 0 Å². The van der Waals surface area contributed by atoms with Crippen molar-refractivity contribution in [3.05, 3.63) is 78.4 Å². The lowest BCUT2D eigenvalue weighted by Gasteiger charge is -2.17. The fourth-order valence-corrected chi connectivity index (χ4v) is 3.42. The topological polar surface area (TPSA) is 81.7 Å². The van der Waals surface area contributed by atoms with E-state index in [0.717, 1.165) is 28.3 Å². The zero-order chi connectivity index (χ0) is 20.6. The largest absolute Gasteiger partial charge is 0.461 e. The van der Waals surface area contributed by atoms with E-state index in [2.05, 4.69) is 11.9 Å². The fraction of sp³-hybridized carbons (Fsp3) is 0.217. The third-order valence-corrected chi connectivity index (χ3v) is 4.66. The second-order valence-electron chi connectivity index (χ2n) is 6.54. The van der Waals surface area contributed by atoms with Crippen LogP contribution in [-0.4, -0.2) is 37.3 Å². The minimum absolute atomic E-state index is 0.0568. The number of benzene rings is 2. The van der Waals surface area contributed by atoms with Gasteiger partial charge < -0.3 is 14.8 Å². The Kier molecular flexibility index (Phi) is 6.61. The number of carbonyl (C=O) groups is 2.